The van der Waals surface area contributed by atoms with Crippen LogP contribution < -0.4 is 0 Å². The van der Waals surface area contributed by atoms with E-state index in [0.29, 0.717) is 18.8 Å². The minimum absolute atomic E-state index is 0. The average Bonchev–Trinajstić information content (AvgIpc) is 2.04. The van der Waals surface area contributed by atoms with Crippen LogP contribution in [-0.2, 0) is 101 Å². The van der Waals surface area contributed by atoms with Gasteiger partial charge >= 0.3 is 113 Å². The van der Waals surface area contributed by atoms with E-state index in [1.54, 1.807) is 0 Å². The summed E-state index contributed by atoms with van der Waals surface area (Å²) < 4.78 is 148. The van der Waals surface area contributed by atoms with E-state index in [-0.39, 0.29) is 113 Å². The molecule has 0 spiro atoms. The summed E-state index contributed by atoms with van der Waals surface area (Å²) in [6, 6.07) is 86.1. The fourth-order valence-corrected chi connectivity index (χ4v) is 4.55. The van der Waals surface area contributed by atoms with Gasteiger partial charge in [0, 0.05) is 40.1 Å². The predicted molar refractivity (Wildman–Crippen MR) is 391 cm³/mol. The van der Waals surface area contributed by atoms with Crippen molar-refractivity contribution in [2.75, 3.05) is 40.1 Å². The molecule has 0 atom stereocenters. The first-order chi connectivity index (χ1) is 42.7. The topological polar surface area (TPSA) is 302 Å². The van der Waals surface area contributed by atoms with E-state index in [2.05, 4.69) is 158 Å². The zero-order valence-electron chi connectivity index (χ0n) is 57.2. The first kappa shape index (κ1) is 117. The third-order valence-corrected chi connectivity index (χ3v) is 8.20. The maximum atomic E-state index is 9.15. The van der Waals surface area contributed by atoms with Crippen LogP contribution in [0, 0.1) is 0 Å². The van der Waals surface area contributed by atoms with Crippen molar-refractivity contribution < 1.29 is 76.7 Å². The molecule has 0 aliphatic heterocycles. The van der Waals surface area contributed by atoms with Crippen molar-refractivity contribution in [2.45, 2.75) is 83.1 Å². The molecule has 0 N–H and O–H groups in total. The molecule has 0 saturated heterocycles. The number of hydrogen-bond acceptors (Lipinski definition) is 21. The number of benzene rings is 9. The van der Waals surface area contributed by atoms with Gasteiger partial charge < -0.3 is 51.5 Å². The Bertz CT molecular complexity index is 2790. The first-order valence-electron chi connectivity index (χ1n) is 27.7. The van der Waals surface area contributed by atoms with E-state index in [9.17, 15) is 0 Å². The van der Waals surface area contributed by atoms with Gasteiger partial charge in [0.15, 0.2) is 0 Å². The van der Waals surface area contributed by atoms with E-state index in [0.717, 1.165) is 21.3 Å². The second kappa shape index (κ2) is 91.1. The molecule has 27 heteroatoms. The molecule has 9 aromatic rings. The average molecular weight is 1490 g/mol. The SMILES string of the molecule is CC.CC.CC.CC.CC.CC.CO[S-](=O)=O.CO[S-](=O)=O.CO[S-](=O)=O.CS(=O)(=O)[O-].CS(=O)(=O)[O-].CS(=O)(=O)[O-].[Ca+2].[Ca+2].[Ca+2].c1ccc2ccccc2c1.c1ccc2ccccc2c1.c1ccc2ccccc2c1.c1ccccc1.c1ccccc1.c1ccccc1. The molecular formula is C66H96Ca3O18S6. The van der Waals surface area contributed by atoms with Gasteiger partial charge in [-0.25, -0.2) is 25.3 Å². The van der Waals surface area contributed by atoms with Crippen molar-refractivity contribution in [3.05, 3.63) is 255 Å². The largest absolute Gasteiger partial charge is 2.00 e. The van der Waals surface area contributed by atoms with Crippen molar-refractivity contribution >= 4 is 209 Å². The van der Waals surface area contributed by atoms with Crippen LogP contribution in [0.5, 0.6) is 0 Å². The van der Waals surface area contributed by atoms with E-state index < -0.39 is 63.3 Å². The molecule has 0 radical (unpaired) electrons. The van der Waals surface area contributed by atoms with Crippen molar-refractivity contribution in [3.8, 4) is 0 Å². The number of fused-ring (bicyclic) bond motifs is 3. The molecule has 0 fully saturated rings. The van der Waals surface area contributed by atoms with Gasteiger partial charge in [-0.2, -0.15) is 0 Å². The van der Waals surface area contributed by atoms with Crippen LogP contribution in [0.25, 0.3) is 32.3 Å². The molecule has 0 bridgehead atoms. The third-order valence-electron chi connectivity index (χ3n) is 7.38. The Morgan fingerprint density at radius 3 is 0.323 bits per heavy atom. The minimum atomic E-state index is -3.92. The normalized spacial score (nSPS) is 8.52. The van der Waals surface area contributed by atoms with Crippen LogP contribution in [-0.4, -0.2) is 192 Å². The summed E-state index contributed by atoms with van der Waals surface area (Å²) in [5.41, 5.74) is 0. The van der Waals surface area contributed by atoms with Gasteiger partial charge in [-0.1, -0.05) is 338 Å². The predicted octanol–water partition coefficient (Wildman–Crippen LogP) is 15.6. The summed E-state index contributed by atoms with van der Waals surface area (Å²) in [5.74, 6) is 0. The van der Waals surface area contributed by atoms with Gasteiger partial charge in [-0.05, 0) is 32.3 Å². The van der Waals surface area contributed by atoms with Gasteiger partial charge in [0.05, 0.1) is 63.3 Å². The van der Waals surface area contributed by atoms with Crippen molar-refractivity contribution in [3.63, 3.8) is 0 Å². The fourth-order valence-electron chi connectivity index (χ4n) is 4.55. The Kier molecular flexibility index (Phi) is 115. The second-order valence-electron chi connectivity index (χ2n) is 13.7. The van der Waals surface area contributed by atoms with Crippen molar-refractivity contribution in [1.82, 2.24) is 0 Å². The molecule has 93 heavy (non-hydrogen) atoms. The van der Waals surface area contributed by atoms with E-state index in [1.807, 2.05) is 192 Å². The summed E-state index contributed by atoms with van der Waals surface area (Å²) in [7, 11) is -15.5. The summed E-state index contributed by atoms with van der Waals surface area (Å²) in [5, 5.41) is 7.86. The van der Waals surface area contributed by atoms with Crippen molar-refractivity contribution in [1.29, 1.82) is 0 Å². The smallest absolute Gasteiger partial charge is 0.748 e. The van der Waals surface area contributed by atoms with Gasteiger partial charge in [0.1, 0.15) is 0 Å². The Labute approximate surface area is 655 Å². The maximum Gasteiger partial charge on any atom is 2.00 e. The zero-order valence-corrected chi connectivity index (χ0v) is 68.7. The van der Waals surface area contributed by atoms with Crippen LogP contribution in [0.15, 0.2) is 255 Å². The number of rotatable bonds is 3. The summed E-state index contributed by atoms with van der Waals surface area (Å²) in [4.78, 5) is 0. The Morgan fingerprint density at radius 2 is 0.280 bits per heavy atom. The molecule has 0 amide bonds. The van der Waals surface area contributed by atoms with Gasteiger partial charge in [-0.3, -0.25) is 0 Å². The van der Waals surface area contributed by atoms with E-state index in [4.69, 9.17) is 64.2 Å². The van der Waals surface area contributed by atoms with Gasteiger partial charge in [0.25, 0.3) is 0 Å². The summed E-state index contributed by atoms with van der Waals surface area (Å²) >= 11 is 0. The fraction of sp³-hybridized carbons (Fsp3) is 0.273. The Hall–Kier alpha value is -3.00. The third kappa shape index (κ3) is 120. The van der Waals surface area contributed by atoms with Crippen LogP contribution >= 0.6 is 0 Å². The first-order valence-corrected chi connectivity index (χ1v) is 36.1. The van der Waals surface area contributed by atoms with Crippen LogP contribution in [0.1, 0.15) is 83.1 Å². The molecule has 0 heterocycles. The van der Waals surface area contributed by atoms with E-state index >= 15 is 0 Å². The molecule has 9 rings (SSSR count). The Balaban J connectivity index is -0.0000000764. The summed E-state index contributed by atoms with van der Waals surface area (Å²) in [6.45, 7) is 24.0. The molecular weight excluding hydrogens is 1390 g/mol. The number of hydrogen-bond donors (Lipinski definition) is 0. The maximum absolute atomic E-state index is 9.15. The molecule has 0 saturated carbocycles. The molecule has 0 aliphatic carbocycles. The van der Waals surface area contributed by atoms with Crippen LogP contribution in [0.4, 0.5) is 0 Å². The van der Waals surface area contributed by atoms with Crippen LogP contribution in [0.2, 0.25) is 0 Å². The molecule has 0 unspecified atom stereocenters. The summed E-state index contributed by atoms with van der Waals surface area (Å²) in [6.07, 6.45) is 1.81. The van der Waals surface area contributed by atoms with Crippen LogP contribution in [0.3, 0.4) is 0 Å². The van der Waals surface area contributed by atoms with Crippen molar-refractivity contribution in [2.24, 2.45) is 0 Å². The molecule has 510 valence electrons. The second-order valence-corrected chi connectivity index (χ2v) is 20.2. The van der Waals surface area contributed by atoms with Gasteiger partial charge in [-0.15, -0.1) is 0 Å². The standard InChI is InChI=1S/3C10H8.3C6H6.6C2H6.3CH4O3S.3CH3O3S.3Ca/c3*1-2-6-10-8-4-3-7-9(10)5-1;3*1-2-4-6-5-3-1;6*1-2;3*1-5(2,3)4;3*1-4-5(2)3;;;/h3*1-8H;3*1-6H;6*1-2H3;3*1H3,(H,2,3,4);3*1H3;;;/q;;;;;;;;;;;;;;;3*-1;3*+2/p-3. The molecule has 9 aromatic carbocycles. The Morgan fingerprint density at radius 1 is 0.226 bits per heavy atom. The monoisotopic (exact) mass is 1490 g/mol. The quantitative estimate of drug-likeness (QED) is 0.0901. The van der Waals surface area contributed by atoms with Gasteiger partial charge in [0.2, 0.25) is 0 Å². The van der Waals surface area contributed by atoms with E-state index in [1.165, 1.54) is 32.3 Å². The zero-order chi connectivity index (χ0) is 71.5. The molecule has 0 aliphatic rings. The minimum Gasteiger partial charge on any atom is -0.748 e. The molecule has 18 nitrogen and oxygen atoms in total. The molecule has 0 aromatic heterocycles.